The molecule has 2 nitrogen and oxygen atoms in total. The third kappa shape index (κ3) is 2.57. The van der Waals surface area contributed by atoms with Crippen molar-refractivity contribution in [1.29, 1.82) is 0 Å². The van der Waals surface area contributed by atoms with Gasteiger partial charge in [-0.3, -0.25) is 0 Å². The molecule has 0 saturated carbocycles. The molecule has 0 aromatic rings. The van der Waals surface area contributed by atoms with Crippen LogP contribution in [0.5, 0.6) is 0 Å². The van der Waals surface area contributed by atoms with Crippen LogP contribution < -0.4 is 0 Å². The number of hydrogen-bond donors (Lipinski definition) is 1. The average Bonchev–Trinajstić information content (AvgIpc) is 2.30. The largest absolute Gasteiger partial charge is 0.390 e. The summed E-state index contributed by atoms with van der Waals surface area (Å²) in [7, 11) is 0. The van der Waals surface area contributed by atoms with Crippen LogP contribution in [0, 0.1) is 5.92 Å². The minimum Gasteiger partial charge on any atom is -0.390 e. The molecule has 0 amide bonds. The Balaban J connectivity index is 2.03. The van der Waals surface area contributed by atoms with E-state index in [0.717, 1.165) is 25.9 Å². The smallest absolute Gasteiger partial charge is 0.0702 e. The van der Waals surface area contributed by atoms with E-state index >= 15 is 0 Å². The minimum absolute atomic E-state index is 0.104. The van der Waals surface area contributed by atoms with Gasteiger partial charge in [0.15, 0.2) is 0 Å². The highest BCUT2D eigenvalue weighted by molar-refractivity contribution is 7.99. The average molecular weight is 244 g/mol. The molecule has 94 valence electrons. The molecule has 0 aromatic carbocycles. The molecule has 0 aliphatic carbocycles. The van der Waals surface area contributed by atoms with E-state index in [2.05, 4.69) is 6.92 Å². The van der Waals surface area contributed by atoms with Crippen LogP contribution in [0.25, 0.3) is 0 Å². The molecule has 1 spiro atoms. The monoisotopic (exact) mass is 244 g/mol. The Morgan fingerprint density at radius 1 is 1.44 bits per heavy atom. The minimum atomic E-state index is -0.499. The van der Waals surface area contributed by atoms with Gasteiger partial charge in [0.2, 0.25) is 0 Å². The summed E-state index contributed by atoms with van der Waals surface area (Å²) < 4.78 is 6.05. The topological polar surface area (TPSA) is 29.5 Å². The molecule has 2 heterocycles. The lowest BCUT2D eigenvalue weighted by Gasteiger charge is -2.47. The van der Waals surface area contributed by atoms with Crippen LogP contribution in [0.15, 0.2) is 0 Å². The van der Waals surface area contributed by atoms with E-state index in [1.165, 1.54) is 24.3 Å². The Kier molecular flexibility index (Phi) is 3.87. The van der Waals surface area contributed by atoms with E-state index in [0.29, 0.717) is 5.92 Å². The first kappa shape index (κ1) is 12.7. The van der Waals surface area contributed by atoms with Gasteiger partial charge in [0.25, 0.3) is 0 Å². The van der Waals surface area contributed by atoms with Gasteiger partial charge >= 0.3 is 0 Å². The van der Waals surface area contributed by atoms with Crippen molar-refractivity contribution in [2.75, 3.05) is 18.1 Å². The molecule has 16 heavy (non-hydrogen) atoms. The highest BCUT2D eigenvalue weighted by atomic mass is 32.2. The molecule has 2 unspecified atom stereocenters. The molecule has 3 heteroatoms. The second-order valence-electron chi connectivity index (χ2n) is 5.54. The molecule has 0 radical (unpaired) electrons. The van der Waals surface area contributed by atoms with Crippen LogP contribution in [0.2, 0.25) is 0 Å². The first-order valence-electron chi connectivity index (χ1n) is 6.52. The summed E-state index contributed by atoms with van der Waals surface area (Å²) in [6.07, 6.45) is 5.29. The molecule has 2 aliphatic heterocycles. The summed E-state index contributed by atoms with van der Waals surface area (Å²) in [5.41, 5.74) is -0.394. The predicted molar refractivity (Wildman–Crippen MR) is 68.9 cm³/mol. The third-order valence-corrected chi connectivity index (χ3v) is 5.48. The zero-order chi connectivity index (χ0) is 11.6. The number of ether oxygens (including phenoxy) is 1. The van der Waals surface area contributed by atoms with Crippen molar-refractivity contribution in [3.63, 3.8) is 0 Å². The van der Waals surface area contributed by atoms with Crippen LogP contribution in [0.3, 0.4) is 0 Å². The molecule has 2 rings (SSSR count). The summed E-state index contributed by atoms with van der Waals surface area (Å²) in [6.45, 7) is 4.92. The number of hydrogen-bond acceptors (Lipinski definition) is 3. The van der Waals surface area contributed by atoms with Gasteiger partial charge in [-0.2, -0.15) is 11.8 Å². The van der Waals surface area contributed by atoms with Crippen molar-refractivity contribution in [2.45, 2.75) is 57.2 Å². The van der Waals surface area contributed by atoms with Gasteiger partial charge in [-0.25, -0.2) is 0 Å². The fourth-order valence-electron chi connectivity index (χ4n) is 2.94. The summed E-state index contributed by atoms with van der Waals surface area (Å²) in [4.78, 5) is 0. The van der Waals surface area contributed by atoms with E-state index in [-0.39, 0.29) is 5.60 Å². The van der Waals surface area contributed by atoms with Gasteiger partial charge < -0.3 is 9.84 Å². The van der Waals surface area contributed by atoms with Crippen molar-refractivity contribution in [2.24, 2.45) is 5.92 Å². The predicted octanol–water partition coefficient (Wildman–Crippen LogP) is 2.84. The van der Waals surface area contributed by atoms with Gasteiger partial charge in [0.05, 0.1) is 11.2 Å². The molecule has 2 atom stereocenters. The van der Waals surface area contributed by atoms with E-state index in [1.807, 2.05) is 18.7 Å². The van der Waals surface area contributed by atoms with E-state index in [1.54, 1.807) is 0 Å². The lowest BCUT2D eigenvalue weighted by atomic mass is 9.73. The second-order valence-corrected chi connectivity index (χ2v) is 6.77. The molecule has 2 aliphatic rings. The maximum Gasteiger partial charge on any atom is 0.0702 e. The highest BCUT2D eigenvalue weighted by Gasteiger charge is 2.43. The Labute approximate surface area is 103 Å². The van der Waals surface area contributed by atoms with Gasteiger partial charge in [0, 0.05) is 6.61 Å². The van der Waals surface area contributed by atoms with Crippen LogP contribution in [0.1, 0.15) is 46.0 Å². The van der Waals surface area contributed by atoms with Crippen LogP contribution in [-0.2, 0) is 4.74 Å². The number of aliphatic hydroxyl groups is 1. The fraction of sp³-hybridized carbons (Fsp3) is 1.00. The summed E-state index contributed by atoms with van der Waals surface area (Å²) in [5, 5.41) is 10.4. The zero-order valence-electron chi connectivity index (χ0n) is 10.5. The van der Waals surface area contributed by atoms with Crippen molar-refractivity contribution >= 4 is 11.8 Å². The standard InChI is InChI=1S/C13H24O2S/c1-3-12(2,14)11-4-7-15-13(10-11)5-8-16-9-6-13/h11,14H,3-10H2,1-2H3. The van der Waals surface area contributed by atoms with Crippen LogP contribution in [-0.4, -0.2) is 34.4 Å². The second kappa shape index (κ2) is 4.87. The van der Waals surface area contributed by atoms with Gasteiger partial charge in [-0.1, -0.05) is 6.92 Å². The molecular formula is C13H24O2S. The molecule has 0 bridgehead atoms. The Morgan fingerprint density at radius 2 is 2.12 bits per heavy atom. The zero-order valence-corrected chi connectivity index (χ0v) is 11.3. The summed E-state index contributed by atoms with van der Waals surface area (Å²) in [5.74, 6) is 2.87. The summed E-state index contributed by atoms with van der Waals surface area (Å²) >= 11 is 2.03. The van der Waals surface area contributed by atoms with Gasteiger partial charge in [-0.05, 0) is 56.5 Å². The van der Waals surface area contributed by atoms with Gasteiger partial charge in [-0.15, -0.1) is 0 Å². The maximum absolute atomic E-state index is 10.4. The lowest BCUT2D eigenvalue weighted by molar-refractivity contribution is -0.142. The van der Waals surface area contributed by atoms with E-state index in [4.69, 9.17) is 4.74 Å². The Morgan fingerprint density at radius 3 is 2.75 bits per heavy atom. The van der Waals surface area contributed by atoms with Crippen LogP contribution >= 0.6 is 11.8 Å². The number of thioether (sulfide) groups is 1. The SMILES string of the molecule is CCC(C)(O)C1CCOC2(CCSCC2)C1. The van der Waals surface area contributed by atoms with Gasteiger partial charge in [0.1, 0.15) is 0 Å². The van der Waals surface area contributed by atoms with E-state index < -0.39 is 5.60 Å². The Hall–Kier alpha value is 0.270. The molecule has 2 saturated heterocycles. The third-order valence-electron chi connectivity index (χ3n) is 4.49. The normalized spacial score (nSPS) is 33.6. The van der Waals surface area contributed by atoms with Crippen molar-refractivity contribution < 1.29 is 9.84 Å². The summed E-state index contributed by atoms with van der Waals surface area (Å²) in [6, 6.07) is 0. The molecule has 1 N–H and O–H groups in total. The quantitative estimate of drug-likeness (QED) is 0.810. The highest BCUT2D eigenvalue weighted by Crippen LogP contribution is 2.43. The Bertz CT molecular complexity index is 229. The van der Waals surface area contributed by atoms with Crippen molar-refractivity contribution in [1.82, 2.24) is 0 Å². The van der Waals surface area contributed by atoms with E-state index in [9.17, 15) is 5.11 Å². The number of rotatable bonds is 2. The van der Waals surface area contributed by atoms with Crippen molar-refractivity contribution in [3.05, 3.63) is 0 Å². The van der Waals surface area contributed by atoms with Crippen molar-refractivity contribution in [3.8, 4) is 0 Å². The first-order chi connectivity index (χ1) is 7.58. The lowest BCUT2D eigenvalue weighted by Crippen LogP contribution is -2.48. The van der Waals surface area contributed by atoms with Crippen LogP contribution in [0.4, 0.5) is 0 Å². The molecule has 2 fully saturated rings. The maximum atomic E-state index is 10.4. The molecule has 0 aromatic heterocycles. The fourth-order valence-corrected chi connectivity index (χ4v) is 4.18. The molecular weight excluding hydrogens is 220 g/mol. The first-order valence-corrected chi connectivity index (χ1v) is 7.67.